The molecule has 6 nitrogen and oxygen atoms in total. The number of anilines is 1. The molecule has 132 valence electrons. The van der Waals surface area contributed by atoms with Gasteiger partial charge in [0.15, 0.2) is 6.23 Å². The lowest BCUT2D eigenvalue weighted by molar-refractivity contribution is 0.0697. The van der Waals surface area contributed by atoms with Crippen LogP contribution in [0.5, 0.6) is 5.75 Å². The van der Waals surface area contributed by atoms with Crippen LogP contribution in [-0.2, 0) is 0 Å². The Morgan fingerprint density at radius 2 is 1.76 bits per heavy atom. The van der Waals surface area contributed by atoms with Crippen molar-refractivity contribution in [3.05, 3.63) is 59.7 Å². The Morgan fingerprint density at radius 1 is 1.04 bits per heavy atom. The van der Waals surface area contributed by atoms with E-state index in [0.717, 1.165) is 11.3 Å². The van der Waals surface area contributed by atoms with E-state index in [0.29, 0.717) is 11.6 Å². The third kappa shape index (κ3) is 5.24. The summed E-state index contributed by atoms with van der Waals surface area (Å²) < 4.78 is 5.81. The first kappa shape index (κ1) is 18.3. The summed E-state index contributed by atoms with van der Waals surface area (Å²) >= 11 is 0. The van der Waals surface area contributed by atoms with Crippen LogP contribution >= 0.6 is 0 Å². The topological polar surface area (TPSA) is 87.7 Å². The van der Waals surface area contributed by atoms with Crippen LogP contribution in [0, 0.1) is 0 Å². The molecule has 2 amide bonds. The second-order valence-electron chi connectivity index (χ2n) is 5.94. The highest BCUT2D eigenvalue weighted by molar-refractivity contribution is 5.93. The average molecular weight is 342 g/mol. The van der Waals surface area contributed by atoms with Gasteiger partial charge in [0, 0.05) is 5.69 Å². The number of urea groups is 1. The molecule has 0 aliphatic rings. The predicted molar refractivity (Wildman–Crippen MR) is 96.2 cm³/mol. The summed E-state index contributed by atoms with van der Waals surface area (Å²) in [5.41, 5.74) is 1.56. The summed E-state index contributed by atoms with van der Waals surface area (Å²) in [5.74, 6) is -0.0276. The maximum Gasteiger partial charge on any atom is 0.335 e. The Hall–Kier alpha value is -3.02. The van der Waals surface area contributed by atoms with Crippen molar-refractivity contribution in [1.29, 1.82) is 0 Å². The maximum atomic E-state index is 12.1. The Kier molecular flexibility index (Phi) is 6.00. The van der Waals surface area contributed by atoms with Crippen molar-refractivity contribution in [2.24, 2.45) is 0 Å². The van der Waals surface area contributed by atoms with E-state index >= 15 is 0 Å². The molecule has 0 radical (unpaired) electrons. The number of amides is 2. The molecular formula is C19H22N2O4. The lowest BCUT2D eigenvalue weighted by Crippen LogP contribution is -2.39. The largest absolute Gasteiger partial charge is 0.478 e. The normalized spacial score (nSPS) is 11.7. The van der Waals surface area contributed by atoms with Gasteiger partial charge in [0.1, 0.15) is 5.75 Å². The van der Waals surface area contributed by atoms with Crippen molar-refractivity contribution < 1.29 is 19.4 Å². The highest BCUT2D eigenvalue weighted by Gasteiger charge is 2.13. The number of hydrogen-bond acceptors (Lipinski definition) is 3. The first-order valence-electron chi connectivity index (χ1n) is 8.03. The fraction of sp³-hybridized carbons (Fsp3) is 0.263. The van der Waals surface area contributed by atoms with E-state index in [2.05, 4.69) is 24.5 Å². The van der Waals surface area contributed by atoms with Crippen LogP contribution in [0.2, 0.25) is 0 Å². The smallest absolute Gasteiger partial charge is 0.335 e. The van der Waals surface area contributed by atoms with Gasteiger partial charge in [0.25, 0.3) is 0 Å². The zero-order valence-corrected chi connectivity index (χ0v) is 14.4. The predicted octanol–water partition coefficient (Wildman–Crippen LogP) is 4.05. The van der Waals surface area contributed by atoms with Crippen LogP contribution in [0.3, 0.4) is 0 Å². The molecular weight excluding hydrogens is 320 g/mol. The first-order chi connectivity index (χ1) is 11.9. The zero-order valence-electron chi connectivity index (χ0n) is 14.4. The minimum Gasteiger partial charge on any atom is -0.478 e. The van der Waals surface area contributed by atoms with Crippen LogP contribution in [-0.4, -0.2) is 23.3 Å². The molecule has 0 aliphatic heterocycles. The Bertz CT molecular complexity index is 759. The number of benzene rings is 2. The van der Waals surface area contributed by atoms with Gasteiger partial charge >= 0.3 is 12.0 Å². The molecule has 0 saturated carbocycles. The number of nitrogens with one attached hydrogen (secondary N) is 2. The van der Waals surface area contributed by atoms with E-state index in [4.69, 9.17) is 9.84 Å². The van der Waals surface area contributed by atoms with E-state index in [9.17, 15) is 9.59 Å². The summed E-state index contributed by atoms with van der Waals surface area (Å²) in [5, 5.41) is 14.2. The summed E-state index contributed by atoms with van der Waals surface area (Å²) in [6.07, 6.45) is -0.553. The molecule has 2 rings (SSSR count). The molecule has 0 heterocycles. The van der Waals surface area contributed by atoms with Crippen LogP contribution in [0.1, 0.15) is 42.6 Å². The monoisotopic (exact) mass is 342 g/mol. The lowest BCUT2D eigenvalue weighted by atomic mass is 10.0. The van der Waals surface area contributed by atoms with Crippen LogP contribution in [0.25, 0.3) is 0 Å². The Balaban J connectivity index is 1.97. The molecule has 1 unspecified atom stereocenters. The molecule has 0 bridgehead atoms. The van der Waals surface area contributed by atoms with E-state index in [1.165, 1.54) is 12.1 Å². The van der Waals surface area contributed by atoms with Gasteiger partial charge in [-0.15, -0.1) is 0 Å². The Labute approximate surface area is 146 Å². The van der Waals surface area contributed by atoms with Gasteiger partial charge in [-0.1, -0.05) is 38.1 Å². The van der Waals surface area contributed by atoms with E-state index in [1.54, 1.807) is 19.1 Å². The summed E-state index contributed by atoms with van der Waals surface area (Å²) in [4.78, 5) is 23.0. The fourth-order valence-corrected chi connectivity index (χ4v) is 2.37. The number of rotatable bonds is 6. The van der Waals surface area contributed by atoms with E-state index in [1.807, 2.05) is 24.3 Å². The number of ether oxygens (including phenoxy) is 1. The maximum absolute atomic E-state index is 12.1. The van der Waals surface area contributed by atoms with Crippen LogP contribution in [0.4, 0.5) is 10.5 Å². The second kappa shape index (κ2) is 8.19. The molecule has 6 heteroatoms. The van der Waals surface area contributed by atoms with Gasteiger partial charge in [0.05, 0.1) is 5.56 Å². The highest BCUT2D eigenvalue weighted by Crippen LogP contribution is 2.26. The average Bonchev–Trinajstić information content (AvgIpc) is 2.55. The van der Waals surface area contributed by atoms with Gasteiger partial charge in [-0.2, -0.15) is 0 Å². The third-order valence-corrected chi connectivity index (χ3v) is 3.55. The number of carbonyl (C=O) groups excluding carboxylic acids is 1. The SMILES string of the molecule is CC(NC(=O)Nc1cccc(C(=O)O)c1)Oc1ccccc1C(C)C. The third-order valence-electron chi connectivity index (χ3n) is 3.55. The van der Waals surface area contributed by atoms with Gasteiger partial charge in [-0.25, -0.2) is 9.59 Å². The Morgan fingerprint density at radius 3 is 2.44 bits per heavy atom. The quantitative estimate of drug-likeness (QED) is 0.691. The molecule has 1 atom stereocenters. The van der Waals surface area contributed by atoms with Crippen molar-refractivity contribution in [3.8, 4) is 5.75 Å². The minimum atomic E-state index is -1.05. The lowest BCUT2D eigenvalue weighted by Gasteiger charge is -2.20. The molecule has 25 heavy (non-hydrogen) atoms. The van der Waals surface area contributed by atoms with Gasteiger partial charge in [-0.3, -0.25) is 0 Å². The number of carbonyl (C=O) groups is 2. The number of carboxylic acids is 1. The van der Waals surface area contributed by atoms with Gasteiger partial charge in [-0.05, 0) is 42.7 Å². The molecule has 0 saturated heterocycles. The fourth-order valence-electron chi connectivity index (χ4n) is 2.37. The summed E-state index contributed by atoms with van der Waals surface area (Å²) in [6, 6.07) is 13.2. The standard InChI is InChI=1S/C19H22N2O4/c1-12(2)16-9-4-5-10-17(16)25-13(3)20-19(24)21-15-8-6-7-14(11-15)18(22)23/h4-13H,1-3H3,(H,22,23)(H2,20,21,24). The minimum absolute atomic E-state index is 0.105. The van der Waals surface area contributed by atoms with Crippen LogP contribution in [0.15, 0.2) is 48.5 Å². The molecule has 3 N–H and O–H groups in total. The second-order valence-corrected chi connectivity index (χ2v) is 5.94. The molecule has 0 aliphatic carbocycles. The van der Waals surface area contributed by atoms with Crippen LogP contribution < -0.4 is 15.4 Å². The van der Waals surface area contributed by atoms with Crippen molar-refractivity contribution >= 4 is 17.7 Å². The van der Waals surface area contributed by atoms with E-state index < -0.39 is 18.2 Å². The van der Waals surface area contributed by atoms with Crippen molar-refractivity contribution in [3.63, 3.8) is 0 Å². The summed E-state index contributed by atoms with van der Waals surface area (Å²) in [6.45, 7) is 5.87. The zero-order chi connectivity index (χ0) is 18.4. The van der Waals surface area contributed by atoms with E-state index in [-0.39, 0.29) is 5.56 Å². The molecule has 0 fully saturated rings. The van der Waals surface area contributed by atoms with Crippen molar-refractivity contribution in [2.45, 2.75) is 32.9 Å². The number of hydrogen-bond donors (Lipinski definition) is 3. The first-order valence-corrected chi connectivity index (χ1v) is 8.03. The van der Waals surface area contributed by atoms with Gasteiger partial charge in [0.2, 0.25) is 0 Å². The molecule has 2 aromatic rings. The number of para-hydroxylation sites is 1. The number of aromatic carboxylic acids is 1. The molecule has 2 aromatic carbocycles. The summed E-state index contributed by atoms with van der Waals surface area (Å²) in [7, 11) is 0. The highest BCUT2D eigenvalue weighted by atomic mass is 16.5. The molecule has 0 aromatic heterocycles. The van der Waals surface area contributed by atoms with Crippen molar-refractivity contribution in [2.75, 3.05) is 5.32 Å². The van der Waals surface area contributed by atoms with Gasteiger partial charge < -0.3 is 20.5 Å². The van der Waals surface area contributed by atoms with Crippen molar-refractivity contribution in [1.82, 2.24) is 5.32 Å². The molecule has 0 spiro atoms. The number of carboxylic acid groups (broad SMARTS) is 1.